The highest BCUT2D eigenvalue weighted by molar-refractivity contribution is 7.10. The Morgan fingerprint density at radius 2 is 2.25 bits per heavy atom. The van der Waals surface area contributed by atoms with Gasteiger partial charge in [0.05, 0.1) is 5.02 Å². The molecular formula is C12H21ClN2S. The lowest BCUT2D eigenvalue weighted by molar-refractivity contribution is 0.363. The second kappa shape index (κ2) is 7.28. The maximum atomic E-state index is 6.19. The van der Waals surface area contributed by atoms with Crippen molar-refractivity contribution in [2.45, 2.75) is 25.8 Å². The van der Waals surface area contributed by atoms with Crippen LogP contribution < -0.4 is 5.32 Å². The normalized spacial score (nSPS) is 13.3. The van der Waals surface area contributed by atoms with E-state index >= 15 is 0 Å². The molecule has 0 fully saturated rings. The van der Waals surface area contributed by atoms with Crippen molar-refractivity contribution in [3.63, 3.8) is 0 Å². The number of thiophene rings is 1. The third kappa shape index (κ3) is 4.42. The molecule has 1 heterocycles. The van der Waals surface area contributed by atoms with Gasteiger partial charge in [-0.15, -0.1) is 11.3 Å². The Bertz CT molecular complexity index is 299. The smallest absolute Gasteiger partial charge is 0.0561 e. The molecule has 16 heavy (non-hydrogen) atoms. The molecule has 0 saturated heterocycles. The molecule has 0 aromatic carbocycles. The van der Waals surface area contributed by atoms with Crippen LogP contribution in [-0.2, 0) is 0 Å². The van der Waals surface area contributed by atoms with Crippen molar-refractivity contribution >= 4 is 22.9 Å². The molecule has 0 aliphatic rings. The minimum Gasteiger partial charge on any atom is -0.309 e. The number of rotatable bonds is 7. The largest absolute Gasteiger partial charge is 0.309 e. The first-order valence-electron chi connectivity index (χ1n) is 5.76. The van der Waals surface area contributed by atoms with E-state index in [0.717, 1.165) is 31.0 Å². The van der Waals surface area contributed by atoms with Gasteiger partial charge in [-0.2, -0.15) is 0 Å². The first-order chi connectivity index (χ1) is 7.65. The standard InChI is InChI=1S/C12H21ClN2S/c1-4-7-14-11(5-8-15(2)3)12-10(13)6-9-16-12/h6,9,11,14H,4-5,7-8H2,1-3H3. The molecule has 1 aromatic heterocycles. The van der Waals surface area contributed by atoms with Crippen LogP contribution in [0.5, 0.6) is 0 Å². The number of hydrogen-bond acceptors (Lipinski definition) is 3. The second-order valence-electron chi connectivity index (χ2n) is 4.23. The predicted molar refractivity (Wildman–Crippen MR) is 73.5 cm³/mol. The van der Waals surface area contributed by atoms with Crippen LogP contribution in [0.2, 0.25) is 5.02 Å². The Morgan fingerprint density at radius 1 is 1.50 bits per heavy atom. The average molecular weight is 261 g/mol. The average Bonchev–Trinajstić information content (AvgIpc) is 2.65. The Hall–Kier alpha value is -0.0900. The Balaban J connectivity index is 2.60. The third-order valence-corrected chi connectivity index (χ3v) is 3.94. The van der Waals surface area contributed by atoms with Gasteiger partial charge < -0.3 is 10.2 Å². The van der Waals surface area contributed by atoms with Crippen LogP contribution >= 0.6 is 22.9 Å². The van der Waals surface area contributed by atoms with Crippen molar-refractivity contribution in [3.8, 4) is 0 Å². The van der Waals surface area contributed by atoms with Gasteiger partial charge in [-0.3, -0.25) is 0 Å². The summed E-state index contributed by atoms with van der Waals surface area (Å²) < 4.78 is 0. The van der Waals surface area contributed by atoms with E-state index in [1.807, 2.05) is 6.07 Å². The van der Waals surface area contributed by atoms with Crippen LogP contribution in [0, 0.1) is 0 Å². The van der Waals surface area contributed by atoms with E-state index < -0.39 is 0 Å². The van der Waals surface area contributed by atoms with Crippen LogP contribution in [0.4, 0.5) is 0 Å². The van der Waals surface area contributed by atoms with Gasteiger partial charge in [-0.05, 0) is 51.5 Å². The minimum atomic E-state index is 0.398. The fourth-order valence-corrected chi connectivity index (χ4v) is 2.89. The molecule has 1 rings (SSSR count). The summed E-state index contributed by atoms with van der Waals surface area (Å²) in [5.41, 5.74) is 0. The Labute approximate surface area is 108 Å². The van der Waals surface area contributed by atoms with Crippen molar-refractivity contribution in [1.29, 1.82) is 0 Å². The monoisotopic (exact) mass is 260 g/mol. The SMILES string of the molecule is CCCNC(CCN(C)C)c1sccc1Cl. The summed E-state index contributed by atoms with van der Waals surface area (Å²) in [4.78, 5) is 3.49. The van der Waals surface area contributed by atoms with Gasteiger partial charge in [-0.1, -0.05) is 18.5 Å². The molecule has 1 atom stereocenters. The summed E-state index contributed by atoms with van der Waals surface area (Å²) in [6.07, 6.45) is 2.26. The molecule has 92 valence electrons. The summed E-state index contributed by atoms with van der Waals surface area (Å²) in [6.45, 7) is 4.31. The van der Waals surface area contributed by atoms with Crippen LogP contribution in [0.25, 0.3) is 0 Å². The molecule has 1 aromatic rings. The van der Waals surface area contributed by atoms with Gasteiger partial charge in [0.1, 0.15) is 0 Å². The van der Waals surface area contributed by atoms with Crippen molar-refractivity contribution in [2.24, 2.45) is 0 Å². The maximum Gasteiger partial charge on any atom is 0.0561 e. The summed E-state index contributed by atoms with van der Waals surface area (Å²) in [7, 11) is 4.21. The van der Waals surface area contributed by atoms with E-state index in [0.29, 0.717) is 6.04 Å². The number of halogens is 1. The Morgan fingerprint density at radius 3 is 2.75 bits per heavy atom. The number of hydrogen-bond donors (Lipinski definition) is 1. The highest BCUT2D eigenvalue weighted by Gasteiger charge is 2.15. The molecule has 4 heteroatoms. The van der Waals surface area contributed by atoms with E-state index in [-0.39, 0.29) is 0 Å². The summed E-state index contributed by atoms with van der Waals surface area (Å²) >= 11 is 7.93. The molecule has 0 amide bonds. The lowest BCUT2D eigenvalue weighted by Gasteiger charge is -2.20. The molecule has 1 N–H and O–H groups in total. The van der Waals surface area contributed by atoms with Crippen LogP contribution in [-0.4, -0.2) is 32.1 Å². The minimum absolute atomic E-state index is 0.398. The van der Waals surface area contributed by atoms with Crippen molar-refractivity contribution in [2.75, 3.05) is 27.2 Å². The van der Waals surface area contributed by atoms with Gasteiger partial charge in [0, 0.05) is 10.9 Å². The fraction of sp³-hybridized carbons (Fsp3) is 0.667. The van der Waals surface area contributed by atoms with Gasteiger partial charge >= 0.3 is 0 Å². The molecule has 0 aliphatic heterocycles. The topological polar surface area (TPSA) is 15.3 Å². The lowest BCUT2D eigenvalue weighted by atomic mass is 10.1. The molecular weight excluding hydrogens is 240 g/mol. The summed E-state index contributed by atoms with van der Waals surface area (Å²) in [6, 6.07) is 2.38. The second-order valence-corrected chi connectivity index (χ2v) is 5.59. The molecule has 2 nitrogen and oxygen atoms in total. The van der Waals surface area contributed by atoms with E-state index in [4.69, 9.17) is 11.6 Å². The maximum absolute atomic E-state index is 6.19. The molecule has 0 aliphatic carbocycles. The first kappa shape index (κ1) is 14.0. The molecule has 0 spiro atoms. The third-order valence-electron chi connectivity index (χ3n) is 2.47. The number of nitrogens with one attached hydrogen (secondary N) is 1. The lowest BCUT2D eigenvalue weighted by Crippen LogP contribution is -2.25. The van der Waals surface area contributed by atoms with Crippen LogP contribution in [0.15, 0.2) is 11.4 Å². The van der Waals surface area contributed by atoms with E-state index in [2.05, 4.69) is 36.6 Å². The van der Waals surface area contributed by atoms with Gasteiger partial charge in [0.2, 0.25) is 0 Å². The van der Waals surface area contributed by atoms with Crippen molar-refractivity contribution < 1.29 is 0 Å². The van der Waals surface area contributed by atoms with Gasteiger partial charge in [0.25, 0.3) is 0 Å². The van der Waals surface area contributed by atoms with Crippen molar-refractivity contribution in [3.05, 3.63) is 21.3 Å². The Kier molecular flexibility index (Phi) is 6.36. The molecule has 1 unspecified atom stereocenters. The van der Waals surface area contributed by atoms with Gasteiger partial charge in [-0.25, -0.2) is 0 Å². The predicted octanol–water partition coefficient (Wildman–Crippen LogP) is 3.39. The highest BCUT2D eigenvalue weighted by atomic mass is 35.5. The van der Waals surface area contributed by atoms with E-state index in [1.54, 1.807) is 11.3 Å². The van der Waals surface area contributed by atoms with Crippen LogP contribution in [0.1, 0.15) is 30.7 Å². The van der Waals surface area contributed by atoms with Crippen molar-refractivity contribution in [1.82, 2.24) is 10.2 Å². The summed E-state index contributed by atoms with van der Waals surface area (Å²) in [5, 5.41) is 6.53. The fourth-order valence-electron chi connectivity index (χ4n) is 1.59. The molecule has 0 radical (unpaired) electrons. The molecule has 0 bridgehead atoms. The van der Waals surface area contributed by atoms with E-state index in [9.17, 15) is 0 Å². The zero-order valence-corrected chi connectivity index (χ0v) is 11.9. The molecule has 0 saturated carbocycles. The zero-order chi connectivity index (χ0) is 12.0. The van der Waals surface area contributed by atoms with E-state index in [1.165, 1.54) is 4.88 Å². The first-order valence-corrected chi connectivity index (χ1v) is 7.02. The zero-order valence-electron chi connectivity index (χ0n) is 10.3. The quantitative estimate of drug-likeness (QED) is 0.809. The van der Waals surface area contributed by atoms with Gasteiger partial charge in [0.15, 0.2) is 0 Å². The highest BCUT2D eigenvalue weighted by Crippen LogP contribution is 2.30. The summed E-state index contributed by atoms with van der Waals surface area (Å²) in [5.74, 6) is 0. The van der Waals surface area contributed by atoms with Crippen LogP contribution in [0.3, 0.4) is 0 Å². The number of nitrogens with zero attached hydrogens (tertiary/aromatic N) is 1.